The third kappa shape index (κ3) is 3.94. The molecular weight excluding hydrogens is 255 g/mol. The van der Waals surface area contributed by atoms with Crippen LogP contribution in [0.2, 0.25) is 0 Å². The summed E-state index contributed by atoms with van der Waals surface area (Å²) in [6, 6.07) is 3.49. The Morgan fingerprint density at radius 1 is 1.35 bits per heavy atom. The van der Waals surface area contributed by atoms with E-state index in [4.69, 9.17) is 4.65 Å². The zero-order valence-corrected chi connectivity index (χ0v) is 13.2. The number of rotatable bonds is 6. The van der Waals surface area contributed by atoms with Crippen LogP contribution in [0.15, 0.2) is 18.3 Å². The van der Waals surface area contributed by atoms with Crippen LogP contribution >= 0.6 is 0 Å². The highest BCUT2D eigenvalue weighted by Crippen LogP contribution is 2.25. The number of aromatic nitrogens is 1. The van der Waals surface area contributed by atoms with Gasteiger partial charge in [-0.25, -0.2) is 4.98 Å². The van der Waals surface area contributed by atoms with Crippen molar-refractivity contribution in [3.8, 4) is 0 Å². The zero-order chi connectivity index (χ0) is 15.6. The van der Waals surface area contributed by atoms with Gasteiger partial charge in [0.2, 0.25) is 0 Å². The lowest BCUT2D eigenvalue weighted by molar-refractivity contribution is -0.0982. The number of nitrogens with zero attached hydrogens (tertiary/aromatic N) is 2. The van der Waals surface area contributed by atoms with Crippen LogP contribution in [0.3, 0.4) is 0 Å². The van der Waals surface area contributed by atoms with Gasteiger partial charge < -0.3 is 19.7 Å². The van der Waals surface area contributed by atoms with Crippen molar-refractivity contribution in [2.24, 2.45) is 0 Å². The lowest BCUT2D eigenvalue weighted by Gasteiger charge is -2.38. The van der Waals surface area contributed by atoms with Crippen molar-refractivity contribution in [2.75, 3.05) is 18.5 Å². The van der Waals surface area contributed by atoms with Gasteiger partial charge >= 0.3 is 7.12 Å². The summed E-state index contributed by atoms with van der Waals surface area (Å²) >= 11 is 0. The summed E-state index contributed by atoms with van der Waals surface area (Å²) in [5.41, 5.74) is -1.33. The summed E-state index contributed by atoms with van der Waals surface area (Å²) in [5.74, 6) is 0.772. The number of aliphatic hydroxyl groups is 1. The molecule has 0 unspecified atom stereocenters. The smallest absolute Gasteiger partial charge is 0.423 e. The number of anilines is 1. The molecule has 0 aromatic carbocycles. The van der Waals surface area contributed by atoms with Crippen LogP contribution in [0.5, 0.6) is 0 Å². The van der Waals surface area contributed by atoms with Crippen molar-refractivity contribution in [1.29, 1.82) is 0 Å². The summed E-state index contributed by atoms with van der Waals surface area (Å²) in [4.78, 5) is 6.22. The van der Waals surface area contributed by atoms with Crippen LogP contribution in [0, 0.1) is 0 Å². The van der Waals surface area contributed by atoms with Crippen molar-refractivity contribution in [1.82, 2.24) is 4.98 Å². The van der Waals surface area contributed by atoms with Crippen LogP contribution in [-0.4, -0.2) is 47.0 Å². The van der Waals surface area contributed by atoms with Gasteiger partial charge in [0.1, 0.15) is 5.82 Å². The topological polar surface area (TPSA) is 65.8 Å². The number of pyridine rings is 1. The molecule has 0 aliphatic carbocycles. The van der Waals surface area contributed by atoms with E-state index in [1.165, 1.54) is 0 Å². The molecule has 1 heterocycles. The van der Waals surface area contributed by atoms with Gasteiger partial charge in [0, 0.05) is 19.8 Å². The molecule has 0 radical (unpaired) electrons. The van der Waals surface area contributed by atoms with E-state index in [2.05, 4.69) is 4.98 Å². The minimum atomic E-state index is -1.11. The first kappa shape index (κ1) is 16.9. The van der Waals surface area contributed by atoms with E-state index in [1.54, 1.807) is 46.0 Å². The Kier molecular flexibility index (Phi) is 5.18. The summed E-state index contributed by atoms with van der Waals surface area (Å²) in [7, 11) is 0.823. The molecule has 1 aromatic heterocycles. The molecule has 0 amide bonds. The molecular formula is C14H25BN2O3. The molecule has 6 heteroatoms. The van der Waals surface area contributed by atoms with Gasteiger partial charge in [-0.2, -0.15) is 0 Å². The van der Waals surface area contributed by atoms with Crippen molar-refractivity contribution in [2.45, 2.75) is 45.8 Å². The molecule has 20 heavy (non-hydrogen) atoms. The Morgan fingerprint density at radius 2 is 1.95 bits per heavy atom. The molecule has 0 spiro atoms. The third-order valence-electron chi connectivity index (χ3n) is 3.80. The van der Waals surface area contributed by atoms with Gasteiger partial charge in [-0.1, -0.05) is 0 Å². The second-order valence-electron chi connectivity index (χ2n) is 6.00. The van der Waals surface area contributed by atoms with E-state index in [1.807, 2.05) is 18.9 Å². The van der Waals surface area contributed by atoms with Gasteiger partial charge in [0.05, 0.1) is 11.2 Å². The maximum Gasteiger partial charge on any atom is 0.491 e. The summed E-state index contributed by atoms with van der Waals surface area (Å²) in [6.45, 7) is 9.65. The van der Waals surface area contributed by atoms with Crippen LogP contribution in [-0.2, 0) is 4.65 Å². The Morgan fingerprint density at radius 3 is 2.45 bits per heavy atom. The van der Waals surface area contributed by atoms with Crippen LogP contribution in [0.1, 0.15) is 34.6 Å². The highest BCUT2D eigenvalue weighted by atomic mass is 16.5. The average molecular weight is 280 g/mol. The van der Waals surface area contributed by atoms with E-state index in [0.717, 1.165) is 12.4 Å². The van der Waals surface area contributed by atoms with E-state index in [0.29, 0.717) is 5.46 Å². The molecule has 0 saturated heterocycles. The minimum Gasteiger partial charge on any atom is -0.423 e. The Balaban J connectivity index is 2.91. The molecule has 0 aliphatic heterocycles. The van der Waals surface area contributed by atoms with Crippen molar-refractivity contribution >= 4 is 18.4 Å². The molecule has 0 fully saturated rings. The first-order valence-electron chi connectivity index (χ1n) is 6.84. The monoisotopic (exact) mass is 280 g/mol. The van der Waals surface area contributed by atoms with E-state index in [9.17, 15) is 10.1 Å². The van der Waals surface area contributed by atoms with Gasteiger partial charge in [0.15, 0.2) is 0 Å². The molecule has 0 atom stereocenters. The quantitative estimate of drug-likeness (QED) is 0.754. The summed E-state index contributed by atoms with van der Waals surface area (Å²) in [6.07, 6.45) is 1.64. The van der Waals surface area contributed by atoms with Gasteiger partial charge in [0.25, 0.3) is 0 Å². The molecule has 0 saturated carbocycles. The predicted molar refractivity (Wildman–Crippen MR) is 82.2 cm³/mol. The molecule has 5 nitrogen and oxygen atoms in total. The van der Waals surface area contributed by atoms with Crippen LogP contribution in [0.4, 0.5) is 5.82 Å². The fourth-order valence-electron chi connectivity index (χ4n) is 1.45. The lowest BCUT2D eigenvalue weighted by atomic mass is 9.77. The SMILES string of the molecule is CCN(C)c1cc(B(O)OC(C)(C)C(C)(C)O)ccn1. The van der Waals surface area contributed by atoms with Crippen molar-refractivity contribution < 1.29 is 14.8 Å². The first-order valence-corrected chi connectivity index (χ1v) is 6.84. The normalized spacial score (nSPS) is 12.4. The largest absolute Gasteiger partial charge is 0.491 e. The maximum atomic E-state index is 10.2. The average Bonchev–Trinajstić information content (AvgIpc) is 2.36. The Hall–Kier alpha value is -1.11. The van der Waals surface area contributed by atoms with Gasteiger partial charge in [-0.05, 0) is 52.2 Å². The maximum absolute atomic E-state index is 10.2. The van der Waals surface area contributed by atoms with Crippen LogP contribution in [0.25, 0.3) is 0 Å². The third-order valence-corrected chi connectivity index (χ3v) is 3.80. The fourth-order valence-corrected chi connectivity index (χ4v) is 1.45. The van der Waals surface area contributed by atoms with E-state index < -0.39 is 18.3 Å². The number of hydrogen-bond donors (Lipinski definition) is 2. The summed E-state index contributed by atoms with van der Waals surface area (Å²) < 4.78 is 5.62. The van der Waals surface area contributed by atoms with Crippen LogP contribution < -0.4 is 10.4 Å². The molecule has 2 N–H and O–H groups in total. The van der Waals surface area contributed by atoms with Gasteiger partial charge in [-0.15, -0.1) is 0 Å². The summed E-state index contributed by atoms with van der Waals surface area (Å²) in [5, 5.41) is 20.3. The minimum absolute atomic E-state index is 0.618. The highest BCUT2D eigenvalue weighted by Gasteiger charge is 2.39. The molecule has 0 bridgehead atoms. The van der Waals surface area contributed by atoms with E-state index in [-0.39, 0.29) is 0 Å². The first-order chi connectivity index (χ1) is 9.08. The van der Waals surface area contributed by atoms with E-state index >= 15 is 0 Å². The second kappa shape index (κ2) is 6.12. The zero-order valence-electron chi connectivity index (χ0n) is 13.2. The molecule has 112 valence electrons. The Bertz CT molecular complexity index is 446. The predicted octanol–water partition coefficient (Wildman–Crippen LogP) is 0.791. The lowest BCUT2D eigenvalue weighted by Crippen LogP contribution is -2.53. The van der Waals surface area contributed by atoms with Crippen molar-refractivity contribution in [3.05, 3.63) is 18.3 Å². The molecule has 1 aromatic rings. The molecule has 1 rings (SSSR count). The van der Waals surface area contributed by atoms with Gasteiger partial charge in [-0.3, -0.25) is 0 Å². The second-order valence-corrected chi connectivity index (χ2v) is 6.00. The van der Waals surface area contributed by atoms with Crippen molar-refractivity contribution in [3.63, 3.8) is 0 Å². The Labute approximate surface area is 121 Å². The number of hydrogen-bond acceptors (Lipinski definition) is 5. The standard InChI is InChI=1S/C14H25BN2O3/c1-7-17(6)12-10-11(8-9-16-12)15(19)20-14(4,5)13(2,3)18/h8-10,18-19H,7H2,1-6H3. The fraction of sp³-hybridized carbons (Fsp3) is 0.643. The molecule has 0 aliphatic rings. The highest BCUT2D eigenvalue weighted by molar-refractivity contribution is 6.60.